The minimum atomic E-state index is 0. The highest BCUT2D eigenvalue weighted by Gasteiger charge is 2.24. The molecule has 0 saturated carbocycles. The van der Waals surface area contributed by atoms with Crippen LogP contribution in [0, 0.1) is 0 Å². The first kappa shape index (κ1) is 18.6. The number of piperidine rings is 1. The van der Waals surface area contributed by atoms with Gasteiger partial charge in [-0.3, -0.25) is 4.90 Å². The van der Waals surface area contributed by atoms with Gasteiger partial charge < -0.3 is 19.9 Å². The van der Waals surface area contributed by atoms with Gasteiger partial charge in [0.15, 0.2) is 5.96 Å². The zero-order valence-corrected chi connectivity index (χ0v) is 15.4. The van der Waals surface area contributed by atoms with Crippen LogP contribution in [0.3, 0.4) is 0 Å². The van der Waals surface area contributed by atoms with Crippen molar-refractivity contribution in [3.05, 3.63) is 48.3 Å². The van der Waals surface area contributed by atoms with E-state index in [1.165, 1.54) is 19.3 Å². The van der Waals surface area contributed by atoms with E-state index in [0.29, 0.717) is 19.0 Å². The van der Waals surface area contributed by atoms with Crippen molar-refractivity contribution < 1.29 is 8.83 Å². The molecule has 1 saturated heterocycles. The predicted molar refractivity (Wildman–Crippen MR) is 99.2 cm³/mol. The van der Waals surface area contributed by atoms with Crippen molar-refractivity contribution >= 4 is 22.9 Å². The highest BCUT2D eigenvalue weighted by molar-refractivity contribution is 8.93. The van der Waals surface area contributed by atoms with Gasteiger partial charge in [-0.2, -0.15) is 0 Å². The number of nitrogens with zero attached hydrogens (tertiary/aromatic N) is 2. The summed E-state index contributed by atoms with van der Waals surface area (Å²) in [4.78, 5) is 6.76. The van der Waals surface area contributed by atoms with E-state index in [0.717, 1.165) is 24.6 Å². The normalized spacial score (nSPS) is 17.2. The molecule has 3 N–H and O–H groups in total. The quantitative estimate of drug-likeness (QED) is 0.579. The summed E-state index contributed by atoms with van der Waals surface area (Å²) in [5, 5.41) is 3.22. The smallest absolute Gasteiger partial charge is 0.189 e. The maximum absolute atomic E-state index is 5.97. The molecule has 1 unspecified atom stereocenters. The third-order valence-electron chi connectivity index (χ3n) is 4.16. The molecule has 0 spiro atoms. The molecular weight excluding hydrogens is 372 g/mol. The molecule has 7 heteroatoms. The molecule has 0 bridgehead atoms. The number of hydrogen-bond donors (Lipinski definition) is 2. The summed E-state index contributed by atoms with van der Waals surface area (Å²) in [6, 6.07) is 7.87. The maximum Gasteiger partial charge on any atom is 0.189 e. The number of likely N-dealkylation sites (tertiary alicyclic amines) is 1. The third kappa shape index (κ3) is 5.14. The number of nitrogens with two attached hydrogens (primary N) is 1. The van der Waals surface area contributed by atoms with E-state index in [2.05, 4.69) is 15.2 Å². The molecule has 3 heterocycles. The minimum absolute atomic E-state index is 0. The number of rotatable bonds is 6. The molecule has 1 aliphatic rings. The first-order valence-corrected chi connectivity index (χ1v) is 8.16. The fraction of sp³-hybridized carbons (Fsp3) is 0.471. The van der Waals surface area contributed by atoms with Crippen molar-refractivity contribution in [2.75, 3.05) is 19.6 Å². The number of guanidine groups is 1. The van der Waals surface area contributed by atoms with Gasteiger partial charge >= 0.3 is 0 Å². The Bertz CT molecular complexity index is 592. The predicted octanol–water partition coefficient (Wildman–Crippen LogP) is 3.08. The van der Waals surface area contributed by atoms with E-state index in [9.17, 15) is 0 Å². The van der Waals surface area contributed by atoms with Gasteiger partial charge in [-0.15, -0.1) is 17.0 Å². The number of halogens is 1. The molecule has 1 aliphatic heterocycles. The van der Waals surface area contributed by atoms with Crippen molar-refractivity contribution in [2.24, 2.45) is 10.7 Å². The van der Waals surface area contributed by atoms with Crippen LogP contribution in [0.2, 0.25) is 0 Å². The summed E-state index contributed by atoms with van der Waals surface area (Å²) in [7, 11) is 0. The van der Waals surface area contributed by atoms with Crippen molar-refractivity contribution in [2.45, 2.75) is 31.8 Å². The highest BCUT2D eigenvalue weighted by atomic mass is 79.9. The van der Waals surface area contributed by atoms with Crippen LogP contribution in [-0.2, 0) is 6.54 Å². The fourth-order valence-electron chi connectivity index (χ4n) is 2.94. The number of furan rings is 2. The maximum atomic E-state index is 5.97. The van der Waals surface area contributed by atoms with Crippen LogP contribution in [0.4, 0.5) is 0 Å². The Morgan fingerprint density at radius 1 is 1.17 bits per heavy atom. The van der Waals surface area contributed by atoms with Gasteiger partial charge in [0.05, 0.1) is 18.6 Å². The standard InChI is InChI=1S/C17H24N4O2.BrH/c18-17(19-12-14-6-4-10-22-14)20-13-15(16-7-5-11-23-16)21-8-2-1-3-9-21;/h4-7,10-11,15H,1-3,8-9,12-13H2,(H3,18,19,20);1H. The largest absolute Gasteiger partial charge is 0.468 e. The molecule has 1 fully saturated rings. The van der Waals surface area contributed by atoms with Gasteiger partial charge in [0, 0.05) is 6.54 Å². The lowest BCUT2D eigenvalue weighted by Crippen LogP contribution is -2.42. The van der Waals surface area contributed by atoms with Crippen LogP contribution in [-0.4, -0.2) is 30.5 Å². The molecule has 2 aromatic heterocycles. The van der Waals surface area contributed by atoms with Crippen molar-refractivity contribution in [3.63, 3.8) is 0 Å². The van der Waals surface area contributed by atoms with Gasteiger partial charge in [0.2, 0.25) is 0 Å². The summed E-state index contributed by atoms with van der Waals surface area (Å²) in [6.45, 7) is 3.31. The van der Waals surface area contributed by atoms with Gasteiger partial charge in [0.1, 0.15) is 18.1 Å². The van der Waals surface area contributed by atoms with Gasteiger partial charge in [-0.05, 0) is 50.2 Å². The zero-order valence-electron chi connectivity index (χ0n) is 13.7. The number of hydrogen-bond acceptors (Lipinski definition) is 4. The van der Waals surface area contributed by atoms with E-state index in [1.807, 2.05) is 24.3 Å². The molecule has 0 aromatic carbocycles. The Labute approximate surface area is 152 Å². The second kappa shape index (κ2) is 9.54. The molecule has 24 heavy (non-hydrogen) atoms. The van der Waals surface area contributed by atoms with Crippen LogP contribution < -0.4 is 11.1 Å². The van der Waals surface area contributed by atoms with Crippen molar-refractivity contribution in [3.8, 4) is 0 Å². The lowest BCUT2D eigenvalue weighted by molar-refractivity contribution is 0.146. The lowest BCUT2D eigenvalue weighted by Gasteiger charge is -2.33. The first-order chi connectivity index (χ1) is 11.3. The molecule has 132 valence electrons. The van der Waals surface area contributed by atoms with Crippen molar-refractivity contribution in [1.29, 1.82) is 0 Å². The average molecular weight is 397 g/mol. The van der Waals surface area contributed by atoms with Crippen LogP contribution in [0.15, 0.2) is 50.6 Å². The Morgan fingerprint density at radius 2 is 1.92 bits per heavy atom. The Hall–Kier alpha value is -1.73. The molecule has 0 aliphatic carbocycles. The molecule has 6 nitrogen and oxygen atoms in total. The average Bonchev–Trinajstić information content (AvgIpc) is 3.28. The second-order valence-electron chi connectivity index (χ2n) is 5.79. The van der Waals surface area contributed by atoms with E-state index in [4.69, 9.17) is 14.6 Å². The molecule has 2 aromatic rings. The van der Waals surface area contributed by atoms with Crippen LogP contribution in [0.25, 0.3) is 0 Å². The van der Waals surface area contributed by atoms with Crippen LogP contribution in [0.1, 0.15) is 36.8 Å². The minimum Gasteiger partial charge on any atom is -0.468 e. The van der Waals surface area contributed by atoms with Gasteiger partial charge in [-0.25, -0.2) is 4.99 Å². The molecule has 3 rings (SSSR count). The first-order valence-electron chi connectivity index (χ1n) is 8.16. The van der Waals surface area contributed by atoms with E-state index in [1.54, 1.807) is 12.5 Å². The van der Waals surface area contributed by atoms with Crippen molar-refractivity contribution in [1.82, 2.24) is 10.2 Å². The Morgan fingerprint density at radius 3 is 2.58 bits per heavy atom. The Balaban J connectivity index is 0.00000208. The van der Waals surface area contributed by atoms with Gasteiger partial charge in [0.25, 0.3) is 0 Å². The summed E-state index contributed by atoms with van der Waals surface area (Å²) in [5.74, 6) is 2.20. The zero-order chi connectivity index (χ0) is 15.9. The molecule has 1 atom stereocenters. The topological polar surface area (TPSA) is 79.9 Å². The van der Waals surface area contributed by atoms with E-state index in [-0.39, 0.29) is 23.0 Å². The lowest BCUT2D eigenvalue weighted by atomic mass is 10.1. The third-order valence-corrected chi connectivity index (χ3v) is 4.16. The number of aliphatic imine (C=N–C) groups is 1. The molecule has 0 radical (unpaired) electrons. The summed E-state index contributed by atoms with van der Waals surface area (Å²) in [6.07, 6.45) is 7.14. The molecule has 0 amide bonds. The van der Waals surface area contributed by atoms with E-state index < -0.39 is 0 Å². The summed E-state index contributed by atoms with van der Waals surface area (Å²) >= 11 is 0. The molecular formula is C17H25BrN4O2. The number of nitrogens with one attached hydrogen (secondary N) is 1. The fourth-order valence-corrected chi connectivity index (χ4v) is 2.94. The monoisotopic (exact) mass is 396 g/mol. The van der Waals surface area contributed by atoms with Crippen LogP contribution >= 0.6 is 17.0 Å². The van der Waals surface area contributed by atoms with Crippen LogP contribution in [0.5, 0.6) is 0 Å². The summed E-state index contributed by atoms with van der Waals surface area (Å²) in [5.41, 5.74) is 5.97. The van der Waals surface area contributed by atoms with Gasteiger partial charge in [-0.1, -0.05) is 6.42 Å². The summed E-state index contributed by atoms with van der Waals surface area (Å²) < 4.78 is 10.9. The van der Waals surface area contributed by atoms with E-state index >= 15 is 0 Å². The highest BCUT2D eigenvalue weighted by Crippen LogP contribution is 2.24. The Kier molecular flexibility index (Phi) is 7.39. The second-order valence-corrected chi connectivity index (χ2v) is 5.79. The SMILES string of the molecule is Br.NC(=NCc1ccco1)NCC(c1ccco1)N1CCCCC1.